The van der Waals surface area contributed by atoms with E-state index in [1.807, 2.05) is 42.5 Å². The number of carbonyl (C=O) groups is 3. The number of nitrogens with two attached hydrogens (primary N) is 1. The lowest BCUT2D eigenvalue weighted by Crippen LogP contribution is -2.30. The second kappa shape index (κ2) is 22.5. The lowest BCUT2D eigenvalue weighted by atomic mass is 9.72. The fourth-order valence-electron chi connectivity index (χ4n) is 7.58. The molecule has 2 aromatic heterocycles. The molecule has 2 heterocycles. The van der Waals surface area contributed by atoms with Gasteiger partial charge in [0.05, 0.1) is 23.9 Å². The topological polar surface area (TPSA) is 174 Å². The number of rotatable bonds is 12. The van der Waals surface area contributed by atoms with Crippen LogP contribution in [0, 0.1) is 22.7 Å². The van der Waals surface area contributed by atoms with Gasteiger partial charge in [-0.2, -0.15) is 0 Å². The van der Waals surface area contributed by atoms with Gasteiger partial charge >= 0.3 is 11.9 Å². The van der Waals surface area contributed by atoms with Crippen LogP contribution in [0.15, 0.2) is 60.7 Å². The van der Waals surface area contributed by atoms with Crippen LogP contribution >= 0.6 is 0 Å². The van der Waals surface area contributed by atoms with Gasteiger partial charge in [-0.15, -0.1) is 0 Å². The molecule has 0 radical (unpaired) electrons. The summed E-state index contributed by atoms with van der Waals surface area (Å²) in [6.07, 6.45) is 10.9. The minimum Gasteiger partial charge on any atom is -0.481 e. The highest BCUT2D eigenvalue weighted by atomic mass is 16.5. The standard InChI is InChI=1S/C23H32N2O3.C20H25NO2.C3H7NO2.CH4/c1-23(2,3)18-6-8-19(9-7-18)28-21-11-5-17-14-16(4-10-20(17)25-21)15-24-13-12-22(26)27;1-20(2,3)16-6-8-17(9-7-16)23-19-11-5-15-12-14(13-22)4-10-18(15)21-19;4-2-1-3(5)6;/h4-5,10-11,14,18-19,24H,6-9,12-13,15H2,1-3H3,(H,26,27);4-5,10-13,16-17H,6-9H2,1-3H3;1-2,4H2,(H,5,6);1H4. The number of pyridine rings is 2. The summed E-state index contributed by atoms with van der Waals surface area (Å²) < 4.78 is 12.3. The number of ether oxygens (including phenoxy) is 2. The van der Waals surface area contributed by atoms with Gasteiger partial charge in [0, 0.05) is 48.1 Å². The van der Waals surface area contributed by atoms with Crippen molar-refractivity contribution in [2.75, 3.05) is 13.1 Å². The molecule has 58 heavy (non-hydrogen) atoms. The summed E-state index contributed by atoms with van der Waals surface area (Å²) in [6, 6.07) is 19.6. The molecular weight excluding hydrogens is 733 g/mol. The molecule has 0 atom stereocenters. The van der Waals surface area contributed by atoms with Gasteiger partial charge < -0.3 is 30.7 Å². The molecule has 0 spiro atoms. The van der Waals surface area contributed by atoms with E-state index in [1.165, 1.54) is 25.7 Å². The first-order valence-corrected chi connectivity index (χ1v) is 20.5. The van der Waals surface area contributed by atoms with Crippen LogP contribution in [0.1, 0.15) is 129 Å². The van der Waals surface area contributed by atoms with Crippen molar-refractivity contribution in [2.45, 2.75) is 132 Å². The molecule has 4 aromatic rings. The zero-order valence-electron chi connectivity index (χ0n) is 34.8. The van der Waals surface area contributed by atoms with Crippen molar-refractivity contribution in [2.24, 2.45) is 28.4 Å². The molecule has 11 heteroatoms. The minimum absolute atomic E-state index is 0. The Morgan fingerprint density at radius 3 is 1.59 bits per heavy atom. The Kier molecular flexibility index (Phi) is 18.5. The van der Waals surface area contributed by atoms with Crippen molar-refractivity contribution in [3.63, 3.8) is 0 Å². The third-order valence-corrected chi connectivity index (χ3v) is 11.1. The fourth-order valence-corrected chi connectivity index (χ4v) is 7.58. The van der Waals surface area contributed by atoms with Crippen LogP contribution in [-0.4, -0.2) is 63.7 Å². The fraction of sp³-hybridized carbons (Fsp3) is 0.553. The Morgan fingerprint density at radius 1 is 0.707 bits per heavy atom. The number of aldehydes is 1. The Balaban J connectivity index is 0.000000272. The number of hydrogen-bond acceptors (Lipinski definition) is 9. The van der Waals surface area contributed by atoms with Crippen LogP contribution in [0.3, 0.4) is 0 Å². The molecule has 0 aliphatic heterocycles. The summed E-state index contributed by atoms with van der Waals surface area (Å²) in [6.45, 7) is 15.3. The lowest BCUT2D eigenvalue weighted by Gasteiger charge is -2.36. The van der Waals surface area contributed by atoms with Crippen molar-refractivity contribution < 1.29 is 34.1 Å². The number of hydrogen-bond donors (Lipinski definition) is 4. The third-order valence-electron chi connectivity index (χ3n) is 11.1. The smallest absolute Gasteiger partial charge is 0.304 e. The van der Waals surface area contributed by atoms with Crippen LogP contribution in [0.2, 0.25) is 0 Å². The van der Waals surface area contributed by atoms with Crippen molar-refractivity contribution in [1.29, 1.82) is 0 Å². The number of carbonyl (C=O) groups excluding carboxylic acids is 1. The number of aliphatic carboxylic acids is 2. The van der Waals surface area contributed by atoms with E-state index in [9.17, 15) is 14.4 Å². The van der Waals surface area contributed by atoms with Crippen LogP contribution in [0.5, 0.6) is 11.8 Å². The molecule has 318 valence electrons. The minimum atomic E-state index is -0.836. The lowest BCUT2D eigenvalue weighted by molar-refractivity contribution is -0.137. The molecular formula is C47H68N4O7. The van der Waals surface area contributed by atoms with E-state index in [1.54, 1.807) is 6.07 Å². The molecule has 2 fully saturated rings. The van der Waals surface area contributed by atoms with E-state index in [0.717, 1.165) is 71.2 Å². The van der Waals surface area contributed by atoms with Crippen LogP contribution in [0.4, 0.5) is 0 Å². The predicted molar refractivity (Wildman–Crippen MR) is 233 cm³/mol. The van der Waals surface area contributed by atoms with Gasteiger partial charge in [0.2, 0.25) is 11.8 Å². The SMILES string of the molecule is C.CC(C)(C)C1CCC(Oc2ccc3cc(C=O)ccc3n2)CC1.CC(C)(C)C1CCC(Oc2ccc3cc(CNCCC(=O)O)ccc3n2)CC1.NCCC(=O)O. The van der Waals surface area contributed by atoms with Crippen LogP contribution in [-0.2, 0) is 16.1 Å². The van der Waals surface area contributed by atoms with E-state index in [-0.39, 0.29) is 39.0 Å². The Bertz CT molecular complexity index is 1900. The van der Waals surface area contributed by atoms with E-state index in [0.29, 0.717) is 41.2 Å². The molecule has 11 nitrogen and oxygen atoms in total. The van der Waals surface area contributed by atoms with Crippen molar-refractivity contribution >= 4 is 40.0 Å². The van der Waals surface area contributed by atoms with Gasteiger partial charge in [-0.05, 0) is 122 Å². The monoisotopic (exact) mass is 801 g/mol. The summed E-state index contributed by atoms with van der Waals surface area (Å²) in [7, 11) is 0. The van der Waals surface area contributed by atoms with Crippen molar-refractivity contribution in [3.8, 4) is 11.8 Å². The summed E-state index contributed by atoms with van der Waals surface area (Å²) in [5.41, 5.74) is 9.21. The van der Waals surface area contributed by atoms with Gasteiger partial charge in [0.15, 0.2) is 0 Å². The second-order valence-electron chi connectivity index (χ2n) is 17.6. The molecule has 2 saturated carbocycles. The van der Waals surface area contributed by atoms with Crippen LogP contribution < -0.4 is 20.5 Å². The first-order valence-electron chi connectivity index (χ1n) is 20.5. The highest BCUT2D eigenvalue weighted by molar-refractivity contribution is 5.87. The number of nitrogens with zero attached hydrogens (tertiary/aromatic N) is 2. The highest BCUT2D eigenvalue weighted by Crippen LogP contribution is 2.40. The summed E-state index contributed by atoms with van der Waals surface area (Å²) in [5.74, 6) is 1.34. The van der Waals surface area contributed by atoms with Crippen molar-refractivity contribution in [3.05, 3.63) is 71.8 Å². The molecule has 2 aliphatic rings. The second-order valence-corrected chi connectivity index (χ2v) is 17.6. The Hall–Kier alpha value is -4.61. The Labute approximate surface area is 345 Å². The number of nitrogens with one attached hydrogen (secondary N) is 1. The highest BCUT2D eigenvalue weighted by Gasteiger charge is 2.31. The molecule has 5 N–H and O–H groups in total. The van der Waals surface area contributed by atoms with Crippen LogP contribution in [0.25, 0.3) is 21.8 Å². The number of aromatic nitrogens is 2. The predicted octanol–water partition coefficient (Wildman–Crippen LogP) is 9.87. The molecule has 0 saturated heterocycles. The summed E-state index contributed by atoms with van der Waals surface area (Å²) >= 11 is 0. The average Bonchev–Trinajstić information content (AvgIpc) is 3.16. The first kappa shape index (κ1) is 47.8. The summed E-state index contributed by atoms with van der Waals surface area (Å²) in [5, 5.41) is 21.7. The zero-order valence-corrected chi connectivity index (χ0v) is 34.8. The zero-order chi connectivity index (χ0) is 41.6. The summed E-state index contributed by atoms with van der Waals surface area (Å²) in [4.78, 5) is 40.2. The molecule has 2 aliphatic carbocycles. The van der Waals surface area contributed by atoms with E-state index in [4.69, 9.17) is 25.4 Å². The van der Waals surface area contributed by atoms with Gasteiger partial charge in [0.1, 0.15) is 18.5 Å². The first-order chi connectivity index (χ1) is 27.0. The van der Waals surface area contributed by atoms with Gasteiger partial charge in [-0.3, -0.25) is 14.4 Å². The maximum Gasteiger partial charge on any atom is 0.304 e. The van der Waals surface area contributed by atoms with E-state index in [2.05, 4.69) is 69.0 Å². The maximum absolute atomic E-state index is 10.8. The van der Waals surface area contributed by atoms with Crippen molar-refractivity contribution in [1.82, 2.24) is 15.3 Å². The van der Waals surface area contributed by atoms with Gasteiger partial charge in [-0.25, -0.2) is 9.97 Å². The molecule has 0 bridgehead atoms. The largest absolute Gasteiger partial charge is 0.481 e. The number of benzene rings is 2. The molecule has 2 aromatic carbocycles. The molecule has 6 rings (SSSR count). The number of fused-ring (bicyclic) bond motifs is 2. The molecule has 0 amide bonds. The Morgan fingerprint density at radius 2 is 1.17 bits per heavy atom. The number of carboxylic acids is 2. The van der Waals surface area contributed by atoms with E-state index >= 15 is 0 Å². The third kappa shape index (κ3) is 15.6. The molecule has 0 unspecified atom stereocenters. The van der Waals surface area contributed by atoms with Gasteiger partial charge in [-0.1, -0.05) is 55.0 Å². The number of carboxylic acid groups (broad SMARTS) is 2. The van der Waals surface area contributed by atoms with E-state index < -0.39 is 11.9 Å². The maximum atomic E-state index is 10.8. The normalized spacial score (nSPS) is 19.4. The quantitative estimate of drug-likeness (QED) is 0.0793. The average molecular weight is 801 g/mol. The van der Waals surface area contributed by atoms with Gasteiger partial charge in [0.25, 0.3) is 0 Å².